The molecule has 0 spiro atoms. The zero-order valence-corrected chi connectivity index (χ0v) is 12.9. The Labute approximate surface area is 139 Å². The van der Waals surface area contributed by atoms with E-state index in [1.54, 1.807) is 30.7 Å². The fourth-order valence-electron chi connectivity index (χ4n) is 2.58. The first kappa shape index (κ1) is 16.2. The first-order valence-corrected chi connectivity index (χ1v) is 7.64. The average molecular weight is 324 g/mol. The van der Waals surface area contributed by atoms with Crippen LogP contribution in [0.15, 0.2) is 59.3 Å². The van der Waals surface area contributed by atoms with E-state index in [1.165, 1.54) is 0 Å². The van der Waals surface area contributed by atoms with Crippen LogP contribution in [-0.4, -0.2) is 34.0 Å². The van der Waals surface area contributed by atoms with Gasteiger partial charge >= 0.3 is 7.12 Å². The summed E-state index contributed by atoms with van der Waals surface area (Å²) in [6, 6.07) is 12.8. The lowest BCUT2D eigenvalue weighted by Crippen LogP contribution is -2.48. The molecule has 0 fully saturated rings. The van der Waals surface area contributed by atoms with E-state index in [2.05, 4.69) is 10.3 Å². The van der Waals surface area contributed by atoms with E-state index >= 15 is 0 Å². The predicted molar refractivity (Wildman–Crippen MR) is 90.0 cm³/mol. The fraction of sp³-hybridized carbons (Fsp3) is 0.176. The molecule has 1 atom stereocenters. The Morgan fingerprint density at radius 3 is 2.75 bits per heavy atom. The number of hydrogen-bond acceptors (Lipinski definition) is 5. The quantitative estimate of drug-likeness (QED) is 0.590. The van der Waals surface area contributed by atoms with Gasteiger partial charge in [0.1, 0.15) is 5.58 Å². The van der Waals surface area contributed by atoms with Crippen molar-refractivity contribution in [2.24, 2.45) is 0 Å². The van der Waals surface area contributed by atoms with Crippen LogP contribution in [0.1, 0.15) is 11.3 Å². The number of carbonyl (C=O) groups excluding carboxylic acids is 1. The van der Waals surface area contributed by atoms with Gasteiger partial charge in [-0.05, 0) is 30.2 Å². The topological polar surface area (TPSA) is 95.6 Å². The van der Waals surface area contributed by atoms with E-state index in [0.717, 1.165) is 16.5 Å². The third-order valence-corrected chi connectivity index (χ3v) is 3.78. The number of rotatable bonds is 6. The van der Waals surface area contributed by atoms with Crippen molar-refractivity contribution in [2.75, 3.05) is 0 Å². The van der Waals surface area contributed by atoms with E-state index in [9.17, 15) is 14.8 Å². The highest BCUT2D eigenvalue weighted by Gasteiger charge is 2.27. The van der Waals surface area contributed by atoms with Crippen LogP contribution in [-0.2, 0) is 17.6 Å². The standard InChI is InChI=1S/C17H17BN2O4/c21-17(10-13-5-3-4-8-19-13)20-16(18(22)23)9-12-11-24-15-7-2-1-6-14(12)15/h1-8,11,16,22-23H,9-10H2,(H,20,21)/t16-/m0/s1. The molecule has 122 valence electrons. The van der Waals surface area contributed by atoms with E-state index < -0.39 is 13.1 Å². The van der Waals surface area contributed by atoms with Gasteiger partial charge in [0.15, 0.2) is 0 Å². The molecule has 0 radical (unpaired) electrons. The first-order valence-electron chi connectivity index (χ1n) is 7.64. The second-order valence-electron chi connectivity index (χ2n) is 5.55. The summed E-state index contributed by atoms with van der Waals surface area (Å²) in [5.41, 5.74) is 2.15. The third kappa shape index (κ3) is 3.82. The lowest BCUT2D eigenvalue weighted by molar-refractivity contribution is -0.120. The van der Waals surface area contributed by atoms with Gasteiger partial charge < -0.3 is 19.8 Å². The Balaban J connectivity index is 1.70. The van der Waals surface area contributed by atoms with Crippen molar-refractivity contribution in [3.05, 3.63) is 66.2 Å². The number of furan rings is 1. The Hall–Kier alpha value is -2.64. The van der Waals surface area contributed by atoms with Gasteiger partial charge in [0.25, 0.3) is 0 Å². The van der Waals surface area contributed by atoms with Gasteiger partial charge in [-0.2, -0.15) is 0 Å². The minimum atomic E-state index is -1.67. The smallest absolute Gasteiger partial charge is 0.464 e. The molecule has 3 aromatic rings. The molecule has 0 aliphatic heterocycles. The number of nitrogens with zero attached hydrogens (tertiary/aromatic N) is 1. The Kier molecular flexibility index (Phi) is 4.93. The van der Waals surface area contributed by atoms with Crippen molar-refractivity contribution >= 4 is 24.0 Å². The molecule has 0 saturated heterocycles. The Morgan fingerprint density at radius 1 is 1.21 bits per heavy atom. The van der Waals surface area contributed by atoms with Crippen LogP contribution < -0.4 is 5.32 Å². The summed E-state index contributed by atoms with van der Waals surface area (Å²) in [5.74, 6) is -1.15. The van der Waals surface area contributed by atoms with Crippen LogP contribution >= 0.6 is 0 Å². The first-order chi connectivity index (χ1) is 11.6. The molecule has 1 amide bonds. The number of nitrogens with one attached hydrogen (secondary N) is 1. The van der Waals surface area contributed by atoms with Crippen LogP contribution in [0.4, 0.5) is 0 Å². The van der Waals surface area contributed by atoms with E-state index in [4.69, 9.17) is 4.42 Å². The van der Waals surface area contributed by atoms with Gasteiger partial charge in [-0.3, -0.25) is 9.78 Å². The van der Waals surface area contributed by atoms with Gasteiger partial charge in [0.05, 0.1) is 18.6 Å². The molecule has 3 N–H and O–H groups in total. The fourth-order valence-corrected chi connectivity index (χ4v) is 2.58. The summed E-state index contributed by atoms with van der Waals surface area (Å²) in [7, 11) is -1.67. The molecule has 1 aromatic carbocycles. The lowest BCUT2D eigenvalue weighted by atomic mass is 9.76. The maximum absolute atomic E-state index is 12.1. The van der Waals surface area contributed by atoms with Gasteiger partial charge in [-0.15, -0.1) is 0 Å². The van der Waals surface area contributed by atoms with Gasteiger partial charge in [-0.1, -0.05) is 24.3 Å². The Bertz CT molecular complexity index is 820. The molecular weight excluding hydrogens is 307 g/mol. The van der Waals surface area contributed by atoms with Crippen LogP contribution in [0.2, 0.25) is 0 Å². The second-order valence-corrected chi connectivity index (χ2v) is 5.55. The number of benzene rings is 1. The van der Waals surface area contributed by atoms with Crippen molar-refractivity contribution in [3.63, 3.8) is 0 Å². The molecule has 0 aliphatic carbocycles. The summed E-state index contributed by atoms with van der Waals surface area (Å²) >= 11 is 0. The largest absolute Gasteiger partial charge is 0.475 e. The minimum absolute atomic E-state index is 0.0796. The van der Waals surface area contributed by atoms with Gasteiger partial charge in [0, 0.05) is 17.3 Å². The number of carbonyl (C=O) groups is 1. The van der Waals surface area contributed by atoms with Gasteiger partial charge in [-0.25, -0.2) is 0 Å². The molecule has 0 bridgehead atoms. The predicted octanol–water partition coefficient (Wildman–Crippen LogP) is 1.11. The monoisotopic (exact) mass is 324 g/mol. The number of hydrogen-bond donors (Lipinski definition) is 3. The molecule has 7 heteroatoms. The lowest BCUT2D eigenvalue weighted by Gasteiger charge is -2.17. The van der Waals surface area contributed by atoms with E-state index in [1.807, 2.05) is 24.3 Å². The number of pyridine rings is 1. The molecule has 0 saturated carbocycles. The van der Waals surface area contributed by atoms with Crippen LogP contribution in [0.5, 0.6) is 0 Å². The molecule has 3 rings (SSSR count). The molecule has 6 nitrogen and oxygen atoms in total. The summed E-state index contributed by atoms with van der Waals surface area (Å²) in [4.78, 5) is 16.2. The van der Waals surface area contributed by atoms with Crippen LogP contribution in [0, 0.1) is 0 Å². The average Bonchev–Trinajstić information content (AvgIpc) is 2.98. The number of fused-ring (bicyclic) bond motifs is 1. The highest BCUT2D eigenvalue weighted by molar-refractivity contribution is 6.43. The maximum Gasteiger partial charge on any atom is 0.475 e. The van der Waals surface area contributed by atoms with Crippen molar-refractivity contribution in [2.45, 2.75) is 18.8 Å². The molecule has 0 aliphatic rings. The highest BCUT2D eigenvalue weighted by Crippen LogP contribution is 2.22. The normalized spacial score (nSPS) is 12.1. The van der Waals surface area contributed by atoms with Crippen molar-refractivity contribution in [3.8, 4) is 0 Å². The highest BCUT2D eigenvalue weighted by atomic mass is 16.4. The van der Waals surface area contributed by atoms with Crippen molar-refractivity contribution < 1.29 is 19.3 Å². The molecule has 24 heavy (non-hydrogen) atoms. The zero-order chi connectivity index (χ0) is 16.9. The molecular formula is C17H17BN2O4. The zero-order valence-electron chi connectivity index (χ0n) is 12.9. The van der Waals surface area contributed by atoms with Crippen molar-refractivity contribution in [1.29, 1.82) is 0 Å². The summed E-state index contributed by atoms with van der Waals surface area (Å²) < 4.78 is 5.44. The molecule has 2 heterocycles. The van der Waals surface area contributed by atoms with Gasteiger partial charge in [0.2, 0.25) is 5.91 Å². The van der Waals surface area contributed by atoms with Crippen LogP contribution in [0.3, 0.4) is 0 Å². The van der Waals surface area contributed by atoms with E-state index in [0.29, 0.717) is 5.69 Å². The van der Waals surface area contributed by atoms with E-state index in [-0.39, 0.29) is 18.7 Å². The second kappa shape index (κ2) is 7.29. The summed E-state index contributed by atoms with van der Waals surface area (Å²) in [5, 5.41) is 22.7. The van der Waals surface area contributed by atoms with Crippen molar-refractivity contribution in [1.82, 2.24) is 10.3 Å². The SMILES string of the molecule is O=C(Cc1ccccn1)N[C@@H](Cc1coc2ccccc12)B(O)O. The molecule has 0 unspecified atom stereocenters. The van der Waals surface area contributed by atoms with Crippen LogP contribution in [0.25, 0.3) is 11.0 Å². The number of aromatic nitrogens is 1. The Morgan fingerprint density at radius 2 is 2.00 bits per heavy atom. The number of amides is 1. The number of para-hydroxylation sites is 1. The summed E-state index contributed by atoms with van der Waals surface area (Å²) in [6.45, 7) is 0. The molecule has 2 aromatic heterocycles. The minimum Gasteiger partial charge on any atom is -0.464 e. The third-order valence-electron chi connectivity index (χ3n) is 3.78. The maximum atomic E-state index is 12.1. The summed E-state index contributed by atoms with van der Waals surface area (Å²) in [6.07, 6.45) is 3.52.